The van der Waals surface area contributed by atoms with Gasteiger partial charge in [-0.15, -0.1) is 0 Å². The van der Waals surface area contributed by atoms with Gasteiger partial charge in [0.25, 0.3) is 0 Å². The highest BCUT2D eigenvalue weighted by atomic mass is 32.2. The van der Waals surface area contributed by atoms with Crippen LogP contribution in [0, 0.1) is 23.1 Å². The molecule has 3 aromatic rings. The molecule has 33 heavy (non-hydrogen) atoms. The lowest BCUT2D eigenvalue weighted by atomic mass is 9.82. The molecule has 0 amide bonds. The molecule has 0 saturated carbocycles. The van der Waals surface area contributed by atoms with E-state index in [9.17, 15) is 17.9 Å². The lowest BCUT2D eigenvalue weighted by Gasteiger charge is -2.39. The Kier molecular flexibility index (Phi) is 5.41. The van der Waals surface area contributed by atoms with E-state index in [1.54, 1.807) is 12.1 Å². The number of hydrogen-bond donors (Lipinski definition) is 2. The Balaban J connectivity index is 1.61. The Hall–Kier alpha value is -3.25. The summed E-state index contributed by atoms with van der Waals surface area (Å²) in [6.07, 6.45) is 0.553. The first-order valence-electron chi connectivity index (χ1n) is 10.7. The number of sulfonamides is 1. The van der Waals surface area contributed by atoms with Gasteiger partial charge in [-0.25, -0.2) is 12.8 Å². The smallest absolute Gasteiger partial charge is 0.246 e. The molecule has 168 valence electrons. The number of rotatable bonds is 4. The van der Waals surface area contributed by atoms with Gasteiger partial charge in [-0.3, -0.25) is 0 Å². The molecule has 1 saturated heterocycles. The summed E-state index contributed by atoms with van der Waals surface area (Å²) in [6, 6.07) is 19.6. The SMILES string of the molecule is N#Cc1ccc(-c2ccc3c(c2)[C@@H]2[C@@H](CCN2S(=O)(=O)c2ccccc2F)[C@H](CO)N3)cc1. The number of aliphatic hydroxyl groups excluding tert-OH is 1. The van der Waals surface area contributed by atoms with Crippen LogP contribution in [0.5, 0.6) is 0 Å². The van der Waals surface area contributed by atoms with E-state index >= 15 is 0 Å². The third-order valence-corrected chi connectivity index (χ3v) is 8.51. The number of nitrogens with one attached hydrogen (secondary N) is 1. The summed E-state index contributed by atoms with van der Waals surface area (Å²) in [7, 11) is -4.09. The van der Waals surface area contributed by atoms with Crippen LogP contribution in [0.1, 0.15) is 23.6 Å². The van der Waals surface area contributed by atoms with Crippen LogP contribution in [0.2, 0.25) is 0 Å². The molecular formula is C25H22FN3O3S. The molecule has 5 rings (SSSR count). The molecule has 2 N–H and O–H groups in total. The maximum Gasteiger partial charge on any atom is 0.246 e. The van der Waals surface area contributed by atoms with E-state index in [1.807, 2.05) is 30.3 Å². The number of benzene rings is 3. The molecule has 0 aromatic heterocycles. The molecule has 0 unspecified atom stereocenters. The monoisotopic (exact) mass is 463 g/mol. The first kappa shape index (κ1) is 21.6. The molecule has 6 nitrogen and oxygen atoms in total. The highest BCUT2D eigenvalue weighted by Gasteiger charge is 2.49. The number of nitriles is 1. The van der Waals surface area contributed by atoms with Gasteiger partial charge >= 0.3 is 0 Å². The summed E-state index contributed by atoms with van der Waals surface area (Å²) >= 11 is 0. The molecule has 8 heteroatoms. The fourth-order valence-corrected chi connectivity index (χ4v) is 6.72. The Morgan fingerprint density at radius 3 is 2.52 bits per heavy atom. The molecule has 2 heterocycles. The highest BCUT2D eigenvalue weighted by molar-refractivity contribution is 7.89. The zero-order chi connectivity index (χ0) is 23.2. The van der Waals surface area contributed by atoms with E-state index in [-0.39, 0.29) is 30.0 Å². The van der Waals surface area contributed by atoms with Crippen LogP contribution in [0.3, 0.4) is 0 Å². The van der Waals surface area contributed by atoms with Crippen molar-refractivity contribution in [3.63, 3.8) is 0 Å². The molecule has 3 atom stereocenters. The van der Waals surface area contributed by atoms with E-state index in [0.29, 0.717) is 12.0 Å². The van der Waals surface area contributed by atoms with Crippen molar-refractivity contribution in [1.82, 2.24) is 4.31 Å². The van der Waals surface area contributed by atoms with Crippen molar-refractivity contribution < 1.29 is 17.9 Å². The van der Waals surface area contributed by atoms with Crippen LogP contribution in [0.4, 0.5) is 10.1 Å². The van der Waals surface area contributed by atoms with E-state index in [2.05, 4.69) is 11.4 Å². The van der Waals surface area contributed by atoms with Gasteiger partial charge in [-0.05, 0) is 59.5 Å². The Labute approximate surface area is 192 Å². The molecule has 2 aliphatic rings. The van der Waals surface area contributed by atoms with Crippen molar-refractivity contribution in [1.29, 1.82) is 5.26 Å². The van der Waals surface area contributed by atoms with Gasteiger partial charge in [0.2, 0.25) is 10.0 Å². The van der Waals surface area contributed by atoms with Gasteiger partial charge in [0.1, 0.15) is 10.7 Å². The topological polar surface area (TPSA) is 93.4 Å². The number of aliphatic hydroxyl groups is 1. The number of halogens is 1. The minimum absolute atomic E-state index is 0.133. The molecule has 2 aliphatic heterocycles. The van der Waals surface area contributed by atoms with E-state index in [1.165, 1.54) is 22.5 Å². The molecule has 0 radical (unpaired) electrons. The van der Waals surface area contributed by atoms with Gasteiger partial charge in [-0.1, -0.05) is 30.3 Å². The fraction of sp³-hybridized carbons (Fsp3) is 0.240. The van der Waals surface area contributed by atoms with Gasteiger partial charge < -0.3 is 10.4 Å². The molecule has 1 fully saturated rings. The number of fused-ring (bicyclic) bond motifs is 3. The van der Waals surface area contributed by atoms with Crippen molar-refractivity contribution >= 4 is 15.7 Å². The summed E-state index contributed by atoms with van der Waals surface area (Å²) < 4.78 is 42.9. The lowest BCUT2D eigenvalue weighted by Crippen LogP contribution is -2.43. The van der Waals surface area contributed by atoms with E-state index < -0.39 is 21.9 Å². The predicted molar refractivity (Wildman–Crippen MR) is 122 cm³/mol. The summed E-state index contributed by atoms with van der Waals surface area (Å²) in [6.45, 7) is 0.107. The van der Waals surface area contributed by atoms with Crippen LogP contribution in [-0.4, -0.2) is 37.0 Å². The predicted octanol–water partition coefficient (Wildman–Crippen LogP) is 3.90. The average molecular weight is 464 g/mol. The molecule has 0 aliphatic carbocycles. The van der Waals surface area contributed by atoms with Crippen molar-refractivity contribution in [3.8, 4) is 17.2 Å². The van der Waals surface area contributed by atoms with Crippen LogP contribution in [-0.2, 0) is 10.0 Å². The summed E-state index contributed by atoms with van der Waals surface area (Å²) in [5.41, 5.74) is 3.89. The molecule has 0 bridgehead atoms. The standard InChI is InChI=1S/C25H22FN3O3S/c26-21-3-1-2-4-24(21)33(31,32)29-12-11-19-23(15-30)28-22-10-9-18(13-20(22)25(19)29)17-7-5-16(14-27)6-8-17/h1-10,13,19,23,25,28,30H,11-12,15H2/t19-,23-,25-/m0/s1. The van der Waals surface area contributed by atoms with Gasteiger partial charge in [0, 0.05) is 18.2 Å². The quantitative estimate of drug-likeness (QED) is 0.612. The average Bonchev–Trinajstić information content (AvgIpc) is 3.30. The van der Waals surface area contributed by atoms with E-state index in [4.69, 9.17) is 5.26 Å². The van der Waals surface area contributed by atoms with Gasteiger partial charge in [0.15, 0.2) is 0 Å². The molecule has 3 aromatic carbocycles. The van der Waals surface area contributed by atoms with Gasteiger partial charge in [-0.2, -0.15) is 9.57 Å². The first-order chi connectivity index (χ1) is 15.9. The highest BCUT2D eigenvalue weighted by Crippen LogP contribution is 2.49. The van der Waals surface area contributed by atoms with Crippen LogP contribution in [0.15, 0.2) is 71.6 Å². The van der Waals surface area contributed by atoms with Crippen LogP contribution >= 0.6 is 0 Å². The second-order valence-corrected chi connectivity index (χ2v) is 10.2. The number of anilines is 1. The summed E-state index contributed by atoms with van der Waals surface area (Å²) in [4.78, 5) is -0.338. The second kappa shape index (κ2) is 8.27. The van der Waals surface area contributed by atoms with Crippen molar-refractivity contribution in [3.05, 3.63) is 83.7 Å². The molecule has 0 spiro atoms. The maximum atomic E-state index is 14.5. The minimum Gasteiger partial charge on any atom is -0.394 e. The minimum atomic E-state index is -4.09. The third-order valence-electron chi connectivity index (χ3n) is 6.59. The zero-order valence-electron chi connectivity index (χ0n) is 17.6. The van der Waals surface area contributed by atoms with E-state index in [0.717, 1.165) is 28.4 Å². The Morgan fingerprint density at radius 2 is 1.82 bits per heavy atom. The summed E-state index contributed by atoms with van der Waals surface area (Å²) in [5, 5.41) is 22.4. The number of nitrogens with zero attached hydrogens (tertiary/aromatic N) is 2. The number of hydrogen-bond acceptors (Lipinski definition) is 5. The zero-order valence-corrected chi connectivity index (χ0v) is 18.5. The normalized spacial score (nSPS) is 22.2. The first-order valence-corrected chi connectivity index (χ1v) is 12.2. The van der Waals surface area contributed by atoms with Crippen LogP contribution < -0.4 is 5.32 Å². The molecular weight excluding hydrogens is 441 g/mol. The third kappa shape index (κ3) is 3.59. The Bertz CT molecular complexity index is 1350. The lowest BCUT2D eigenvalue weighted by molar-refractivity contribution is 0.210. The maximum absolute atomic E-state index is 14.5. The van der Waals surface area contributed by atoms with Crippen molar-refractivity contribution in [2.45, 2.75) is 23.4 Å². The van der Waals surface area contributed by atoms with Crippen molar-refractivity contribution in [2.75, 3.05) is 18.5 Å². The second-order valence-electron chi connectivity index (χ2n) is 8.37. The van der Waals surface area contributed by atoms with Gasteiger partial charge in [0.05, 0.1) is 30.3 Å². The van der Waals surface area contributed by atoms with Crippen LogP contribution in [0.25, 0.3) is 11.1 Å². The van der Waals surface area contributed by atoms with Crippen molar-refractivity contribution in [2.24, 2.45) is 5.92 Å². The summed E-state index contributed by atoms with van der Waals surface area (Å²) in [5.74, 6) is -0.930. The largest absolute Gasteiger partial charge is 0.394 e. The Morgan fingerprint density at radius 1 is 1.09 bits per heavy atom. The fourth-order valence-electron chi connectivity index (χ4n) is 4.99.